The van der Waals surface area contributed by atoms with Crippen LogP contribution >= 0.6 is 11.6 Å². The van der Waals surface area contributed by atoms with E-state index in [1.165, 1.54) is 12.1 Å². The molecule has 0 saturated heterocycles. The van der Waals surface area contributed by atoms with Crippen molar-refractivity contribution in [1.29, 1.82) is 0 Å². The molecule has 1 amide bonds. The molecule has 0 fully saturated rings. The second kappa shape index (κ2) is 6.53. The largest absolute Gasteiger partial charge is 0.454 e. The van der Waals surface area contributed by atoms with E-state index in [0.717, 1.165) is 17.7 Å². The van der Waals surface area contributed by atoms with E-state index >= 15 is 0 Å². The summed E-state index contributed by atoms with van der Waals surface area (Å²) >= 11 is 6.07. The molecule has 0 aromatic heterocycles. The van der Waals surface area contributed by atoms with Crippen LogP contribution in [0.25, 0.3) is 0 Å². The minimum absolute atomic E-state index is 0.0265. The second-order valence-electron chi connectivity index (χ2n) is 6.21. The molecule has 2 aliphatic heterocycles. The molecule has 6 nitrogen and oxygen atoms in total. The van der Waals surface area contributed by atoms with Gasteiger partial charge in [0.05, 0.1) is 10.6 Å². The number of ether oxygens (including phenoxy) is 3. The normalized spacial score (nSPS) is 17.2. The summed E-state index contributed by atoms with van der Waals surface area (Å²) in [4.78, 5) is 26.6. The summed E-state index contributed by atoms with van der Waals surface area (Å²) in [6.45, 7) is 1.68. The molecule has 2 aromatic rings. The quantitative estimate of drug-likeness (QED) is 0.773. The number of anilines is 1. The van der Waals surface area contributed by atoms with E-state index in [2.05, 4.69) is 0 Å². The molecule has 1 unspecified atom stereocenters. The molecule has 4 rings (SSSR count). The minimum Gasteiger partial charge on any atom is -0.454 e. The van der Waals surface area contributed by atoms with Crippen molar-refractivity contribution in [3.8, 4) is 11.5 Å². The van der Waals surface area contributed by atoms with Crippen LogP contribution in [0.3, 0.4) is 0 Å². The molecule has 0 saturated carbocycles. The molecule has 2 heterocycles. The van der Waals surface area contributed by atoms with Crippen LogP contribution in [0.5, 0.6) is 11.5 Å². The van der Waals surface area contributed by atoms with Crippen molar-refractivity contribution in [2.75, 3.05) is 18.3 Å². The minimum atomic E-state index is -0.640. The molecule has 0 radical (unpaired) electrons. The Morgan fingerprint density at radius 1 is 1.27 bits per heavy atom. The van der Waals surface area contributed by atoms with Gasteiger partial charge in [-0.3, -0.25) is 4.79 Å². The molecule has 1 atom stereocenters. The van der Waals surface area contributed by atoms with Gasteiger partial charge in [-0.1, -0.05) is 29.8 Å². The number of esters is 1. The Balaban J connectivity index is 1.45. The first kappa shape index (κ1) is 16.7. The summed E-state index contributed by atoms with van der Waals surface area (Å²) in [7, 11) is 0. The predicted octanol–water partition coefficient (Wildman–Crippen LogP) is 3.20. The average molecular weight is 374 g/mol. The number of nitrogens with zero attached hydrogens (tertiary/aromatic N) is 1. The standard InChI is InChI=1S/C19H16ClNO5/c1-11-6-12-4-2-3-5-15(12)21(11)17(22)9-24-19(23)13-7-14(20)18-16(8-13)25-10-26-18/h2-5,7-8,11H,6,9-10H2,1H3. The van der Waals surface area contributed by atoms with Crippen LogP contribution in [0.2, 0.25) is 5.02 Å². The van der Waals surface area contributed by atoms with Gasteiger partial charge < -0.3 is 19.1 Å². The third-order valence-electron chi connectivity index (χ3n) is 4.47. The Morgan fingerprint density at radius 2 is 2.08 bits per heavy atom. The van der Waals surface area contributed by atoms with Crippen LogP contribution in [0, 0.1) is 0 Å². The fraction of sp³-hybridized carbons (Fsp3) is 0.263. The van der Waals surface area contributed by atoms with E-state index in [4.69, 9.17) is 25.8 Å². The molecular formula is C19H16ClNO5. The van der Waals surface area contributed by atoms with E-state index < -0.39 is 5.97 Å². The number of fused-ring (bicyclic) bond motifs is 2. The first-order valence-electron chi connectivity index (χ1n) is 8.21. The highest BCUT2D eigenvalue weighted by Crippen LogP contribution is 2.40. The highest BCUT2D eigenvalue weighted by Gasteiger charge is 2.31. The summed E-state index contributed by atoms with van der Waals surface area (Å²) in [5.41, 5.74) is 2.19. The van der Waals surface area contributed by atoms with E-state index in [9.17, 15) is 9.59 Å². The smallest absolute Gasteiger partial charge is 0.338 e. The average Bonchev–Trinajstić information content (AvgIpc) is 3.22. The lowest BCUT2D eigenvalue weighted by Gasteiger charge is -2.22. The SMILES string of the molecule is CC1Cc2ccccc2N1C(=O)COC(=O)c1cc(Cl)c2c(c1)OCO2. The highest BCUT2D eigenvalue weighted by molar-refractivity contribution is 6.32. The number of amides is 1. The van der Waals surface area contributed by atoms with Gasteiger partial charge in [0.15, 0.2) is 18.1 Å². The highest BCUT2D eigenvalue weighted by atomic mass is 35.5. The molecule has 0 bridgehead atoms. The van der Waals surface area contributed by atoms with E-state index in [-0.39, 0.29) is 35.9 Å². The van der Waals surface area contributed by atoms with Crippen LogP contribution in [-0.2, 0) is 16.0 Å². The molecule has 2 aromatic carbocycles. The Morgan fingerprint density at radius 3 is 2.92 bits per heavy atom. The monoisotopic (exact) mass is 373 g/mol. The number of halogens is 1. The Labute approximate surface area is 155 Å². The third-order valence-corrected chi connectivity index (χ3v) is 4.75. The number of rotatable bonds is 3. The van der Waals surface area contributed by atoms with Gasteiger partial charge >= 0.3 is 5.97 Å². The van der Waals surface area contributed by atoms with Crippen molar-refractivity contribution < 1.29 is 23.8 Å². The van der Waals surface area contributed by atoms with Gasteiger partial charge in [-0.15, -0.1) is 0 Å². The molecule has 0 N–H and O–H groups in total. The number of carbonyl (C=O) groups is 2. The molecular weight excluding hydrogens is 358 g/mol. The van der Waals surface area contributed by atoms with Crippen molar-refractivity contribution in [2.45, 2.75) is 19.4 Å². The molecule has 134 valence electrons. The zero-order valence-corrected chi connectivity index (χ0v) is 14.8. The van der Waals surface area contributed by atoms with Crippen molar-refractivity contribution >= 4 is 29.2 Å². The van der Waals surface area contributed by atoms with Crippen molar-refractivity contribution in [2.24, 2.45) is 0 Å². The summed E-state index contributed by atoms with van der Waals surface area (Å²) in [5, 5.41) is 0.264. The number of hydrogen-bond donors (Lipinski definition) is 0. The van der Waals surface area contributed by atoms with Crippen LogP contribution in [-0.4, -0.2) is 31.3 Å². The maximum absolute atomic E-state index is 12.6. The van der Waals surface area contributed by atoms with Gasteiger partial charge in [-0.2, -0.15) is 0 Å². The van der Waals surface area contributed by atoms with Crippen molar-refractivity contribution in [3.63, 3.8) is 0 Å². The van der Waals surface area contributed by atoms with Crippen LogP contribution in [0.4, 0.5) is 5.69 Å². The zero-order valence-electron chi connectivity index (χ0n) is 14.0. The zero-order chi connectivity index (χ0) is 18.3. The first-order valence-corrected chi connectivity index (χ1v) is 8.58. The van der Waals surface area contributed by atoms with Crippen LogP contribution in [0.1, 0.15) is 22.8 Å². The van der Waals surface area contributed by atoms with E-state index in [1.54, 1.807) is 4.90 Å². The lowest BCUT2D eigenvalue weighted by molar-refractivity contribution is -0.122. The predicted molar refractivity (Wildman–Crippen MR) is 95.0 cm³/mol. The number of hydrogen-bond acceptors (Lipinski definition) is 5. The summed E-state index contributed by atoms with van der Waals surface area (Å²) in [6.07, 6.45) is 0.785. The number of para-hydroxylation sites is 1. The van der Waals surface area contributed by atoms with Gasteiger partial charge in [0.25, 0.3) is 5.91 Å². The lowest BCUT2D eigenvalue weighted by Crippen LogP contribution is -2.38. The summed E-state index contributed by atoms with van der Waals surface area (Å²) < 4.78 is 15.6. The van der Waals surface area contributed by atoms with Crippen molar-refractivity contribution in [1.82, 2.24) is 0 Å². The molecule has 2 aliphatic rings. The Bertz CT molecular complexity index is 897. The molecule has 0 aliphatic carbocycles. The Kier molecular flexibility index (Phi) is 4.20. The molecule has 0 spiro atoms. The van der Waals surface area contributed by atoms with Gasteiger partial charge in [-0.05, 0) is 37.1 Å². The van der Waals surface area contributed by atoms with E-state index in [1.807, 2.05) is 31.2 Å². The lowest BCUT2D eigenvalue weighted by atomic mass is 10.1. The van der Waals surface area contributed by atoms with Gasteiger partial charge in [-0.25, -0.2) is 4.79 Å². The first-order chi connectivity index (χ1) is 12.5. The maximum Gasteiger partial charge on any atom is 0.338 e. The van der Waals surface area contributed by atoms with Gasteiger partial charge in [0.1, 0.15) is 0 Å². The van der Waals surface area contributed by atoms with Crippen LogP contribution < -0.4 is 14.4 Å². The van der Waals surface area contributed by atoms with Gasteiger partial charge in [0.2, 0.25) is 6.79 Å². The van der Waals surface area contributed by atoms with Crippen LogP contribution in [0.15, 0.2) is 36.4 Å². The fourth-order valence-electron chi connectivity index (χ4n) is 3.31. The number of carbonyl (C=O) groups excluding carboxylic acids is 2. The maximum atomic E-state index is 12.6. The number of benzene rings is 2. The third kappa shape index (κ3) is 2.86. The second-order valence-corrected chi connectivity index (χ2v) is 6.62. The van der Waals surface area contributed by atoms with E-state index in [0.29, 0.717) is 11.5 Å². The summed E-state index contributed by atoms with van der Waals surface area (Å²) in [6, 6.07) is 10.7. The topological polar surface area (TPSA) is 65.1 Å². The summed E-state index contributed by atoms with van der Waals surface area (Å²) in [5.74, 6) is -0.110. The Hall–Kier alpha value is -2.73. The van der Waals surface area contributed by atoms with Gasteiger partial charge in [0, 0.05) is 11.7 Å². The molecule has 26 heavy (non-hydrogen) atoms. The molecule has 7 heteroatoms. The fourth-order valence-corrected chi connectivity index (χ4v) is 3.58. The van der Waals surface area contributed by atoms with Crippen molar-refractivity contribution in [3.05, 3.63) is 52.5 Å².